The van der Waals surface area contributed by atoms with Gasteiger partial charge in [-0.1, -0.05) is 20.8 Å². The highest BCUT2D eigenvalue weighted by Gasteiger charge is 2.21. The second kappa shape index (κ2) is 3.91. The Bertz CT molecular complexity index is 316. The molecule has 14 heavy (non-hydrogen) atoms. The summed E-state index contributed by atoms with van der Waals surface area (Å²) < 4.78 is 0. The number of nitrogens with two attached hydrogens (primary N) is 1. The van der Waals surface area contributed by atoms with Gasteiger partial charge in [0.1, 0.15) is 0 Å². The van der Waals surface area contributed by atoms with Crippen LogP contribution in [-0.4, -0.2) is 7.05 Å². The lowest BCUT2D eigenvalue weighted by Crippen LogP contribution is -2.17. The molecule has 0 radical (unpaired) electrons. The van der Waals surface area contributed by atoms with E-state index < -0.39 is 0 Å². The molecule has 1 aromatic rings. The zero-order chi connectivity index (χ0) is 10.8. The molecule has 0 saturated heterocycles. The average Bonchev–Trinajstić information content (AvgIpc) is 2.18. The highest BCUT2D eigenvalue weighted by atomic mass is 14.8. The van der Waals surface area contributed by atoms with Gasteiger partial charge in [0.15, 0.2) is 0 Å². The lowest BCUT2D eigenvalue weighted by Gasteiger charge is -2.26. The van der Waals surface area contributed by atoms with Gasteiger partial charge in [-0.2, -0.15) is 0 Å². The Hall–Kier alpha value is -1.18. The van der Waals surface area contributed by atoms with E-state index in [9.17, 15) is 0 Å². The standard InChI is InChI=1S/C12H20N2/c1-5-12(2,3)10-8-9(13)6-7-11(10)14-4/h6-8,14H,5,13H2,1-4H3. The second-order valence-corrected chi connectivity index (χ2v) is 4.29. The topological polar surface area (TPSA) is 38.0 Å². The van der Waals surface area contributed by atoms with Crippen LogP contribution in [-0.2, 0) is 5.41 Å². The number of hydrogen-bond donors (Lipinski definition) is 2. The quantitative estimate of drug-likeness (QED) is 0.722. The summed E-state index contributed by atoms with van der Waals surface area (Å²) in [6, 6.07) is 6.04. The van der Waals surface area contributed by atoms with Gasteiger partial charge in [-0.3, -0.25) is 0 Å². The summed E-state index contributed by atoms with van der Waals surface area (Å²) in [6.07, 6.45) is 1.10. The van der Waals surface area contributed by atoms with Gasteiger partial charge in [0.05, 0.1) is 0 Å². The van der Waals surface area contributed by atoms with Crippen LogP contribution >= 0.6 is 0 Å². The fourth-order valence-corrected chi connectivity index (χ4v) is 1.53. The Labute approximate surface area is 86.5 Å². The first-order chi connectivity index (χ1) is 6.51. The fourth-order valence-electron chi connectivity index (χ4n) is 1.53. The summed E-state index contributed by atoms with van der Waals surface area (Å²) in [5.41, 5.74) is 9.28. The molecule has 0 aliphatic rings. The molecular weight excluding hydrogens is 172 g/mol. The summed E-state index contributed by atoms with van der Waals surface area (Å²) in [4.78, 5) is 0. The number of hydrogen-bond acceptors (Lipinski definition) is 2. The number of nitrogens with one attached hydrogen (secondary N) is 1. The van der Waals surface area contributed by atoms with Crippen molar-refractivity contribution < 1.29 is 0 Å². The van der Waals surface area contributed by atoms with Gasteiger partial charge < -0.3 is 11.1 Å². The van der Waals surface area contributed by atoms with Crippen molar-refractivity contribution in [2.45, 2.75) is 32.6 Å². The Morgan fingerprint density at radius 1 is 1.36 bits per heavy atom. The van der Waals surface area contributed by atoms with Crippen molar-refractivity contribution >= 4 is 11.4 Å². The lowest BCUT2D eigenvalue weighted by atomic mass is 9.81. The van der Waals surface area contributed by atoms with Crippen molar-refractivity contribution in [2.24, 2.45) is 0 Å². The molecule has 0 heterocycles. The van der Waals surface area contributed by atoms with Crippen molar-refractivity contribution in [1.82, 2.24) is 0 Å². The summed E-state index contributed by atoms with van der Waals surface area (Å²) in [7, 11) is 1.95. The summed E-state index contributed by atoms with van der Waals surface area (Å²) in [5.74, 6) is 0. The molecule has 78 valence electrons. The molecule has 3 N–H and O–H groups in total. The van der Waals surface area contributed by atoms with E-state index in [0.717, 1.165) is 12.1 Å². The fraction of sp³-hybridized carbons (Fsp3) is 0.500. The molecular formula is C12H20N2. The molecule has 2 heteroatoms. The van der Waals surface area contributed by atoms with E-state index >= 15 is 0 Å². The Morgan fingerprint density at radius 2 is 2.00 bits per heavy atom. The van der Waals surface area contributed by atoms with Crippen molar-refractivity contribution in [3.05, 3.63) is 23.8 Å². The van der Waals surface area contributed by atoms with Crippen LogP contribution in [0, 0.1) is 0 Å². The zero-order valence-corrected chi connectivity index (χ0v) is 9.52. The molecule has 1 rings (SSSR count). The minimum absolute atomic E-state index is 0.174. The third-order valence-corrected chi connectivity index (χ3v) is 2.93. The molecule has 0 unspecified atom stereocenters. The van der Waals surface area contributed by atoms with Crippen LogP contribution in [0.4, 0.5) is 11.4 Å². The molecule has 0 aliphatic heterocycles. The van der Waals surface area contributed by atoms with E-state index in [0.29, 0.717) is 0 Å². The molecule has 0 saturated carbocycles. The smallest absolute Gasteiger partial charge is 0.0377 e. The van der Waals surface area contributed by atoms with E-state index in [2.05, 4.69) is 32.2 Å². The summed E-state index contributed by atoms with van der Waals surface area (Å²) in [6.45, 7) is 6.67. The van der Waals surface area contributed by atoms with Crippen molar-refractivity contribution in [1.29, 1.82) is 0 Å². The molecule has 0 fully saturated rings. The van der Waals surface area contributed by atoms with E-state index in [1.165, 1.54) is 11.3 Å². The van der Waals surface area contributed by atoms with Crippen LogP contribution < -0.4 is 11.1 Å². The van der Waals surface area contributed by atoms with Gasteiger partial charge in [-0.05, 0) is 35.6 Å². The maximum absolute atomic E-state index is 5.81. The monoisotopic (exact) mass is 192 g/mol. The molecule has 0 bridgehead atoms. The van der Waals surface area contributed by atoms with Crippen LogP contribution in [0.1, 0.15) is 32.8 Å². The highest BCUT2D eigenvalue weighted by molar-refractivity contribution is 5.60. The normalized spacial score (nSPS) is 11.4. The Balaban J connectivity index is 3.23. The highest BCUT2D eigenvalue weighted by Crippen LogP contribution is 2.33. The SMILES string of the molecule is CCC(C)(C)c1cc(N)ccc1NC. The molecule has 0 atom stereocenters. The number of benzene rings is 1. The number of rotatable bonds is 3. The first-order valence-electron chi connectivity index (χ1n) is 5.09. The van der Waals surface area contributed by atoms with Crippen LogP contribution in [0.3, 0.4) is 0 Å². The van der Waals surface area contributed by atoms with Crippen molar-refractivity contribution in [3.63, 3.8) is 0 Å². The molecule has 0 aliphatic carbocycles. The number of anilines is 2. The van der Waals surface area contributed by atoms with Gasteiger partial charge in [0, 0.05) is 18.4 Å². The Morgan fingerprint density at radius 3 is 2.50 bits per heavy atom. The van der Waals surface area contributed by atoms with E-state index in [4.69, 9.17) is 5.73 Å². The molecule has 0 aromatic heterocycles. The van der Waals surface area contributed by atoms with E-state index in [1.807, 2.05) is 19.2 Å². The third-order valence-electron chi connectivity index (χ3n) is 2.93. The van der Waals surface area contributed by atoms with Crippen molar-refractivity contribution in [3.8, 4) is 0 Å². The first-order valence-corrected chi connectivity index (χ1v) is 5.09. The van der Waals surface area contributed by atoms with Gasteiger partial charge >= 0.3 is 0 Å². The zero-order valence-electron chi connectivity index (χ0n) is 9.52. The van der Waals surface area contributed by atoms with Crippen LogP contribution in [0.25, 0.3) is 0 Å². The first kappa shape index (κ1) is 10.9. The second-order valence-electron chi connectivity index (χ2n) is 4.29. The van der Waals surface area contributed by atoms with Crippen LogP contribution in [0.2, 0.25) is 0 Å². The predicted octanol–water partition coefficient (Wildman–Crippen LogP) is 3.00. The maximum atomic E-state index is 5.81. The Kier molecular flexibility index (Phi) is 3.04. The molecule has 2 nitrogen and oxygen atoms in total. The summed E-state index contributed by atoms with van der Waals surface area (Å²) >= 11 is 0. The molecule has 0 amide bonds. The minimum Gasteiger partial charge on any atom is -0.399 e. The van der Waals surface area contributed by atoms with Gasteiger partial charge in [-0.15, -0.1) is 0 Å². The maximum Gasteiger partial charge on any atom is 0.0377 e. The third kappa shape index (κ3) is 2.00. The minimum atomic E-state index is 0.174. The van der Waals surface area contributed by atoms with Gasteiger partial charge in [-0.25, -0.2) is 0 Å². The van der Waals surface area contributed by atoms with E-state index in [-0.39, 0.29) is 5.41 Å². The van der Waals surface area contributed by atoms with Crippen LogP contribution in [0.15, 0.2) is 18.2 Å². The predicted molar refractivity (Wildman–Crippen MR) is 63.7 cm³/mol. The lowest BCUT2D eigenvalue weighted by molar-refractivity contribution is 0.508. The number of nitrogen functional groups attached to an aromatic ring is 1. The largest absolute Gasteiger partial charge is 0.399 e. The van der Waals surface area contributed by atoms with Gasteiger partial charge in [0.2, 0.25) is 0 Å². The summed E-state index contributed by atoms with van der Waals surface area (Å²) in [5, 5.41) is 3.21. The van der Waals surface area contributed by atoms with Crippen molar-refractivity contribution in [2.75, 3.05) is 18.1 Å². The molecule has 1 aromatic carbocycles. The average molecular weight is 192 g/mol. The van der Waals surface area contributed by atoms with Crippen LogP contribution in [0.5, 0.6) is 0 Å². The van der Waals surface area contributed by atoms with Gasteiger partial charge in [0.25, 0.3) is 0 Å². The molecule has 0 spiro atoms. The van der Waals surface area contributed by atoms with E-state index in [1.54, 1.807) is 0 Å².